The smallest absolute Gasteiger partial charge is 0.338 e. The van der Waals surface area contributed by atoms with Gasteiger partial charge >= 0.3 is 11.9 Å². The van der Waals surface area contributed by atoms with Gasteiger partial charge in [-0.3, -0.25) is 4.79 Å². The zero-order chi connectivity index (χ0) is 16.3. The van der Waals surface area contributed by atoms with E-state index in [1.807, 2.05) is 0 Å². The number of benzene rings is 1. The lowest BCUT2D eigenvalue weighted by Gasteiger charge is -2.24. The van der Waals surface area contributed by atoms with Gasteiger partial charge in [-0.1, -0.05) is 29.8 Å². The van der Waals surface area contributed by atoms with Crippen LogP contribution in [0.2, 0.25) is 5.02 Å². The number of hydrogen-bond acceptors (Lipinski definition) is 4. The summed E-state index contributed by atoms with van der Waals surface area (Å²) in [4.78, 5) is 23.8. The first kappa shape index (κ1) is 16.6. The zero-order valence-corrected chi connectivity index (χ0v) is 13.6. The Balaban J connectivity index is 2.00. The number of carbonyl (C=O) groups is 2. The quantitative estimate of drug-likeness (QED) is 0.797. The SMILES string of the molecule is CC(C)(C)C(=O)OCC1CC=C(c2cccc(Cl)c2)C(=O)O1. The highest BCUT2D eigenvalue weighted by atomic mass is 35.5. The second-order valence-corrected chi connectivity index (χ2v) is 6.68. The third-order valence-electron chi connectivity index (χ3n) is 3.23. The molecule has 0 saturated carbocycles. The fraction of sp³-hybridized carbons (Fsp3) is 0.412. The fourth-order valence-corrected chi connectivity index (χ4v) is 2.16. The van der Waals surface area contributed by atoms with Crippen LogP contribution in [0, 0.1) is 5.41 Å². The topological polar surface area (TPSA) is 52.6 Å². The van der Waals surface area contributed by atoms with Crippen molar-refractivity contribution in [3.63, 3.8) is 0 Å². The van der Waals surface area contributed by atoms with Gasteiger partial charge in [0.1, 0.15) is 12.7 Å². The number of rotatable bonds is 3. The molecule has 1 heterocycles. The van der Waals surface area contributed by atoms with Gasteiger partial charge in [0, 0.05) is 11.4 Å². The lowest BCUT2D eigenvalue weighted by atomic mass is 9.97. The Morgan fingerprint density at radius 2 is 2.14 bits per heavy atom. The van der Waals surface area contributed by atoms with Crippen molar-refractivity contribution < 1.29 is 19.1 Å². The fourth-order valence-electron chi connectivity index (χ4n) is 1.97. The highest BCUT2D eigenvalue weighted by molar-refractivity contribution is 6.31. The monoisotopic (exact) mass is 322 g/mol. The van der Waals surface area contributed by atoms with E-state index in [2.05, 4.69) is 0 Å². The standard InChI is InChI=1S/C17H19ClO4/c1-17(2,3)16(20)21-10-13-7-8-14(15(19)22-13)11-5-4-6-12(18)9-11/h4-6,8-9,13H,7,10H2,1-3H3. The minimum absolute atomic E-state index is 0.0706. The highest BCUT2D eigenvalue weighted by Gasteiger charge is 2.28. The molecule has 0 spiro atoms. The number of hydrogen-bond donors (Lipinski definition) is 0. The number of ether oxygens (including phenoxy) is 2. The van der Waals surface area contributed by atoms with Gasteiger partial charge in [-0.05, 0) is 38.5 Å². The van der Waals surface area contributed by atoms with E-state index >= 15 is 0 Å². The lowest BCUT2D eigenvalue weighted by molar-refractivity contribution is -0.161. The maximum Gasteiger partial charge on any atom is 0.338 e. The lowest BCUT2D eigenvalue weighted by Crippen LogP contribution is -2.31. The molecule has 1 aromatic rings. The van der Waals surface area contributed by atoms with Gasteiger partial charge in [0.15, 0.2) is 0 Å². The van der Waals surface area contributed by atoms with Crippen LogP contribution in [0.3, 0.4) is 0 Å². The Morgan fingerprint density at radius 1 is 1.41 bits per heavy atom. The maximum absolute atomic E-state index is 12.1. The molecule has 1 aliphatic heterocycles. The molecule has 0 amide bonds. The van der Waals surface area contributed by atoms with E-state index < -0.39 is 17.5 Å². The van der Waals surface area contributed by atoms with Crippen LogP contribution in [0.5, 0.6) is 0 Å². The molecule has 0 aliphatic carbocycles. The van der Waals surface area contributed by atoms with E-state index in [-0.39, 0.29) is 12.6 Å². The van der Waals surface area contributed by atoms with Crippen molar-refractivity contribution >= 4 is 29.1 Å². The summed E-state index contributed by atoms with van der Waals surface area (Å²) < 4.78 is 10.5. The Hall–Kier alpha value is -1.81. The molecule has 0 bridgehead atoms. The first-order valence-electron chi connectivity index (χ1n) is 7.11. The molecule has 1 aromatic carbocycles. The summed E-state index contributed by atoms with van der Waals surface area (Å²) in [5.41, 5.74) is 0.643. The van der Waals surface area contributed by atoms with E-state index in [0.29, 0.717) is 17.0 Å². The van der Waals surface area contributed by atoms with Gasteiger partial charge in [-0.25, -0.2) is 4.79 Å². The largest absolute Gasteiger partial charge is 0.461 e. The van der Waals surface area contributed by atoms with Crippen LogP contribution >= 0.6 is 11.6 Å². The van der Waals surface area contributed by atoms with Gasteiger partial charge in [0.2, 0.25) is 0 Å². The van der Waals surface area contributed by atoms with E-state index in [1.54, 1.807) is 51.1 Å². The van der Waals surface area contributed by atoms with Gasteiger partial charge in [-0.2, -0.15) is 0 Å². The van der Waals surface area contributed by atoms with Gasteiger partial charge in [0.25, 0.3) is 0 Å². The highest BCUT2D eigenvalue weighted by Crippen LogP contribution is 2.26. The summed E-state index contributed by atoms with van der Waals surface area (Å²) in [7, 11) is 0. The summed E-state index contributed by atoms with van der Waals surface area (Å²) in [6.07, 6.45) is 1.86. The van der Waals surface area contributed by atoms with Crippen LogP contribution in [0.1, 0.15) is 32.8 Å². The van der Waals surface area contributed by atoms with Gasteiger partial charge in [-0.15, -0.1) is 0 Å². The molecule has 118 valence electrons. The predicted molar refractivity (Wildman–Crippen MR) is 84.3 cm³/mol. The molecular weight excluding hydrogens is 304 g/mol. The molecule has 0 aromatic heterocycles. The molecule has 1 unspecified atom stereocenters. The molecule has 1 aliphatic rings. The maximum atomic E-state index is 12.1. The van der Waals surface area contributed by atoms with Crippen molar-refractivity contribution in [3.8, 4) is 0 Å². The summed E-state index contributed by atoms with van der Waals surface area (Å²) >= 11 is 5.93. The summed E-state index contributed by atoms with van der Waals surface area (Å²) in [6.45, 7) is 5.40. The molecule has 22 heavy (non-hydrogen) atoms. The molecular formula is C17H19ClO4. The Bertz CT molecular complexity index is 613. The molecule has 0 radical (unpaired) electrons. The minimum atomic E-state index is -0.569. The van der Waals surface area contributed by atoms with Gasteiger partial charge < -0.3 is 9.47 Å². The number of esters is 2. The summed E-state index contributed by atoms with van der Waals surface area (Å²) in [5.74, 6) is -0.738. The Kier molecular flexibility index (Phi) is 4.91. The van der Waals surface area contributed by atoms with E-state index in [4.69, 9.17) is 21.1 Å². The average molecular weight is 323 g/mol. The Labute approximate surface area is 135 Å². The molecule has 5 heteroatoms. The minimum Gasteiger partial charge on any atom is -0.461 e. The van der Waals surface area contributed by atoms with Crippen LogP contribution in [0.15, 0.2) is 30.3 Å². The third-order valence-corrected chi connectivity index (χ3v) is 3.46. The molecule has 0 N–H and O–H groups in total. The molecule has 2 rings (SSSR count). The van der Waals surface area contributed by atoms with Crippen LogP contribution in [-0.2, 0) is 19.1 Å². The second kappa shape index (κ2) is 6.53. The van der Waals surface area contributed by atoms with Crippen molar-refractivity contribution in [2.75, 3.05) is 6.61 Å². The van der Waals surface area contributed by atoms with Crippen molar-refractivity contribution in [2.45, 2.75) is 33.3 Å². The third kappa shape index (κ3) is 4.10. The predicted octanol–water partition coefficient (Wildman–Crippen LogP) is 3.63. The van der Waals surface area contributed by atoms with Crippen molar-refractivity contribution in [1.29, 1.82) is 0 Å². The van der Waals surface area contributed by atoms with Crippen LogP contribution in [-0.4, -0.2) is 24.6 Å². The van der Waals surface area contributed by atoms with E-state index in [0.717, 1.165) is 5.56 Å². The molecule has 1 atom stereocenters. The van der Waals surface area contributed by atoms with E-state index in [9.17, 15) is 9.59 Å². The number of cyclic esters (lactones) is 1. The van der Waals surface area contributed by atoms with Crippen molar-refractivity contribution in [1.82, 2.24) is 0 Å². The normalized spacial score (nSPS) is 18.5. The van der Waals surface area contributed by atoms with Gasteiger partial charge in [0.05, 0.1) is 11.0 Å². The first-order chi connectivity index (χ1) is 10.3. The van der Waals surface area contributed by atoms with E-state index in [1.165, 1.54) is 0 Å². The number of halogens is 1. The first-order valence-corrected chi connectivity index (χ1v) is 7.49. The summed E-state index contributed by atoms with van der Waals surface area (Å²) in [5, 5.41) is 0.562. The van der Waals surface area contributed by atoms with Crippen LogP contribution in [0.25, 0.3) is 5.57 Å². The van der Waals surface area contributed by atoms with Crippen LogP contribution in [0.4, 0.5) is 0 Å². The second-order valence-electron chi connectivity index (χ2n) is 6.24. The van der Waals surface area contributed by atoms with Crippen molar-refractivity contribution in [3.05, 3.63) is 40.9 Å². The van der Waals surface area contributed by atoms with Crippen molar-refractivity contribution in [2.24, 2.45) is 5.41 Å². The van der Waals surface area contributed by atoms with Crippen LogP contribution < -0.4 is 0 Å². The summed E-state index contributed by atoms with van der Waals surface area (Å²) in [6, 6.07) is 7.05. The molecule has 0 fully saturated rings. The Morgan fingerprint density at radius 3 is 2.73 bits per heavy atom. The average Bonchev–Trinajstić information content (AvgIpc) is 2.43. The molecule has 4 nitrogen and oxygen atoms in total. The molecule has 0 saturated heterocycles. The zero-order valence-electron chi connectivity index (χ0n) is 12.9. The number of carbonyl (C=O) groups excluding carboxylic acids is 2.